The van der Waals surface area contributed by atoms with Gasteiger partial charge in [-0.1, -0.05) is 170 Å². The maximum absolute atomic E-state index is 2.49. The highest BCUT2D eigenvalue weighted by molar-refractivity contribution is 7.26. The van der Waals surface area contributed by atoms with Crippen LogP contribution in [-0.2, 0) is 5.41 Å². The van der Waals surface area contributed by atoms with Gasteiger partial charge in [-0.2, -0.15) is 0 Å². The van der Waals surface area contributed by atoms with Crippen LogP contribution in [0.25, 0.3) is 73.7 Å². The molecule has 0 bridgehead atoms. The molecule has 300 valence electrons. The predicted molar refractivity (Wildman–Crippen MR) is 275 cm³/mol. The predicted octanol–water partition coefficient (Wildman–Crippen LogP) is 17.6. The Labute approximate surface area is 380 Å². The first kappa shape index (κ1) is 37.0. The van der Waals surface area contributed by atoms with Crippen molar-refractivity contribution < 1.29 is 0 Å². The molecule has 0 saturated carbocycles. The van der Waals surface area contributed by atoms with Crippen LogP contribution in [0.1, 0.15) is 22.3 Å². The topological polar surface area (TPSA) is 3.24 Å². The Hall–Kier alpha value is -7.56. The Morgan fingerprint density at radius 2 is 0.812 bits per heavy atom. The van der Waals surface area contributed by atoms with E-state index in [1.807, 2.05) is 22.7 Å². The van der Waals surface area contributed by atoms with Gasteiger partial charge in [0.15, 0.2) is 0 Å². The minimum atomic E-state index is -0.500. The molecule has 0 saturated heterocycles. The fourth-order valence-electron chi connectivity index (χ4n) is 10.5. The normalized spacial score (nSPS) is 12.8. The van der Waals surface area contributed by atoms with Gasteiger partial charge in [-0.3, -0.25) is 0 Å². The summed E-state index contributed by atoms with van der Waals surface area (Å²) >= 11 is 3.73. The second-order valence-electron chi connectivity index (χ2n) is 16.8. The zero-order valence-corrected chi connectivity index (χ0v) is 36.4. The van der Waals surface area contributed by atoms with Crippen molar-refractivity contribution in [1.29, 1.82) is 0 Å². The molecule has 0 aliphatic heterocycles. The van der Waals surface area contributed by atoms with Crippen LogP contribution in [0.15, 0.2) is 237 Å². The van der Waals surface area contributed by atoms with E-state index in [1.54, 1.807) is 0 Å². The van der Waals surface area contributed by atoms with E-state index < -0.39 is 5.41 Å². The lowest BCUT2D eigenvalue weighted by atomic mass is 9.68. The molecular weight excluding hydrogens is 811 g/mol. The maximum Gasteiger partial charge on any atom is 0.0714 e. The number of fused-ring (bicyclic) bond motifs is 9. The maximum atomic E-state index is 2.49. The first-order chi connectivity index (χ1) is 31.7. The number of hydrogen-bond donors (Lipinski definition) is 0. The average molecular weight is 850 g/mol. The Bertz CT molecular complexity index is 3690. The van der Waals surface area contributed by atoms with Gasteiger partial charge in [0.05, 0.1) is 11.1 Å². The summed E-state index contributed by atoms with van der Waals surface area (Å²) in [7, 11) is 0. The highest BCUT2D eigenvalue weighted by Crippen LogP contribution is 2.59. The molecule has 0 unspecified atom stereocenters. The summed E-state index contributed by atoms with van der Waals surface area (Å²) in [6.45, 7) is 0. The summed E-state index contributed by atoms with van der Waals surface area (Å²) < 4.78 is 5.26. The van der Waals surface area contributed by atoms with Crippen molar-refractivity contribution in [2.75, 3.05) is 4.90 Å². The van der Waals surface area contributed by atoms with Gasteiger partial charge in [0.25, 0.3) is 0 Å². The highest BCUT2D eigenvalue weighted by atomic mass is 32.1. The fraction of sp³-hybridized carbons (Fsp3) is 0.0164. The molecule has 10 aromatic carbocycles. The summed E-state index contributed by atoms with van der Waals surface area (Å²) in [5.41, 5.74) is 15.4. The molecule has 64 heavy (non-hydrogen) atoms. The quantitative estimate of drug-likeness (QED) is 0.154. The minimum absolute atomic E-state index is 0.500. The van der Waals surface area contributed by atoms with E-state index in [1.165, 1.54) is 96.0 Å². The zero-order valence-electron chi connectivity index (χ0n) is 34.8. The standard InChI is InChI=1S/C61H39NS2/c1-3-17-44(18-4-1)61(45-19-5-2-6-20-45)53-24-10-7-23-50(53)60-54(61)25-14-26-55(60)62(47-34-36-59-52(39-47)49-22-9-12-28-57(49)64-59)46-32-29-40(30-33-46)41-15-13-16-42(37-41)43-31-35-58-51(38-43)48-21-8-11-27-56(48)63-58/h1-39H. The lowest BCUT2D eigenvalue weighted by molar-refractivity contribution is 0.768. The van der Waals surface area contributed by atoms with Crippen LogP contribution in [0.4, 0.5) is 17.1 Å². The second-order valence-corrected chi connectivity index (χ2v) is 18.9. The number of anilines is 3. The molecule has 13 rings (SSSR count). The molecule has 1 nitrogen and oxygen atoms in total. The van der Waals surface area contributed by atoms with Crippen molar-refractivity contribution >= 4 is 80.1 Å². The van der Waals surface area contributed by atoms with E-state index in [2.05, 4.69) is 241 Å². The van der Waals surface area contributed by atoms with Crippen LogP contribution in [-0.4, -0.2) is 0 Å². The Kier molecular flexibility index (Phi) is 8.55. The molecule has 12 aromatic rings. The lowest BCUT2D eigenvalue weighted by Gasteiger charge is -2.34. The first-order valence-electron chi connectivity index (χ1n) is 21.9. The van der Waals surface area contributed by atoms with Crippen LogP contribution in [0.5, 0.6) is 0 Å². The number of thiophene rings is 2. The Morgan fingerprint density at radius 1 is 0.312 bits per heavy atom. The van der Waals surface area contributed by atoms with Crippen LogP contribution < -0.4 is 4.90 Å². The summed E-state index contributed by atoms with van der Waals surface area (Å²) in [5.74, 6) is 0. The molecule has 0 amide bonds. The van der Waals surface area contributed by atoms with Crippen molar-refractivity contribution in [3.8, 4) is 33.4 Å². The molecule has 0 N–H and O–H groups in total. The first-order valence-corrected chi connectivity index (χ1v) is 23.5. The van der Waals surface area contributed by atoms with E-state index in [9.17, 15) is 0 Å². The average Bonchev–Trinajstić information content (AvgIpc) is 4.03. The van der Waals surface area contributed by atoms with Crippen molar-refractivity contribution in [3.63, 3.8) is 0 Å². The SMILES string of the molecule is c1ccc(C2(c3ccccc3)c3ccccc3-c3c(N(c4ccc(-c5cccc(-c6ccc7sc8ccccc8c7c6)c5)cc4)c4ccc5sc6ccccc6c5c4)cccc32)cc1. The number of rotatable bonds is 7. The molecule has 0 spiro atoms. The summed E-state index contributed by atoms with van der Waals surface area (Å²) in [6.07, 6.45) is 0. The monoisotopic (exact) mass is 849 g/mol. The molecule has 0 radical (unpaired) electrons. The highest BCUT2D eigenvalue weighted by Gasteiger charge is 2.47. The van der Waals surface area contributed by atoms with Crippen molar-refractivity contribution in [2.45, 2.75) is 5.41 Å². The molecule has 1 aliphatic carbocycles. The van der Waals surface area contributed by atoms with Gasteiger partial charge < -0.3 is 4.90 Å². The van der Waals surface area contributed by atoms with E-state index in [4.69, 9.17) is 0 Å². The van der Waals surface area contributed by atoms with E-state index in [-0.39, 0.29) is 0 Å². The Balaban J connectivity index is 0.989. The van der Waals surface area contributed by atoms with Crippen molar-refractivity contribution in [2.24, 2.45) is 0 Å². The third-order valence-electron chi connectivity index (χ3n) is 13.4. The van der Waals surface area contributed by atoms with Crippen LogP contribution in [0.3, 0.4) is 0 Å². The van der Waals surface area contributed by atoms with Gasteiger partial charge in [0.2, 0.25) is 0 Å². The molecule has 2 aromatic heterocycles. The molecule has 0 atom stereocenters. The largest absolute Gasteiger partial charge is 0.310 e. The molecule has 0 fully saturated rings. The van der Waals surface area contributed by atoms with Crippen LogP contribution >= 0.6 is 22.7 Å². The van der Waals surface area contributed by atoms with Crippen LogP contribution in [0.2, 0.25) is 0 Å². The van der Waals surface area contributed by atoms with E-state index in [0.717, 1.165) is 17.1 Å². The van der Waals surface area contributed by atoms with Gasteiger partial charge >= 0.3 is 0 Å². The Morgan fingerprint density at radius 3 is 1.52 bits per heavy atom. The zero-order chi connectivity index (χ0) is 42.2. The molecule has 1 aliphatic rings. The number of nitrogens with zero attached hydrogens (tertiary/aromatic N) is 1. The van der Waals surface area contributed by atoms with E-state index >= 15 is 0 Å². The summed E-state index contributed by atoms with van der Waals surface area (Å²) in [6, 6.07) is 87.9. The minimum Gasteiger partial charge on any atom is -0.310 e. The third kappa shape index (κ3) is 5.68. The number of benzene rings is 10. The smallest absolute Gasteiger partial charge is 0.0714 e. The fourth-order valence-corrected chi connectivity index (χ4v) is 12.7. The van der Waals surface area contributed by atoms with Crippen LogP contribution in [0, 0.1) is 0 Å². The van der Waals surface area contributed by atoms with Gasteiger partial charge in [-0.15, -0.1) is 22.7 Å². The molecular formula is C61H39NS2. The second kappa shape index (κ2) is 14.8. The summed E-state index contributed by atoms with van der Waals surface area (Å²) in [4.78, 5) is 2.49. The van der Waals surface area contributed by atoms with Gasteiger partial charge in [0.1, 0.15) is 0 Å². The van der Waals surface area contributed by atoms with Crippen molar-refractivity contribution in [3.05, 3.63) is 259 Å². The third-order valence-corrected chi connectivity index (χ3v) is 15.7. The molecule has 2 heterocycles. The van der Waals surface area contributed by atoms with Gasteiger partial charge in [-0.25, -0.2) is 0 Å². The van der Waals surface area contributed by atoms with E-state index in [0.29, 0.717) is 0 Å². The van der Waals surface area contributed by atoms with Gasteiger partial charge in [-0.05, 0) is 117 Å². The van der Waals surface area contributed by atoms with Gasteiger partial charge in [0, 0.05) is 57.3 Å². The molecule has 3 heteroatoms. The van der Waals surface area contributed by atoms with Crippen molar-refractivity contribution in [1.82, 2.24) is 0 Å². The number of hydrogen-bond acceptors (Lipinski definition) is 3. The lowest BCUT2D eigenvalue weighted by Crippen LogP contribution is -2.28. The summed E-state index contributed by atoms with van der Waals surface area (Å²) in [5, 5.41) is 5.22.